The van der Waals surface area contributed by atoms with Crippen LogP contribution < -0.4 is 10.6 Å². The van der Waals surface area contributed by atoms with E-state index in [4.69, 9.17) is 9.15 Å². The van der Waals surface area contributed by atoms with Crippen LogP contribution in [0.25, 0.3) is 0 Å². The minimum absolute atomic E-state index is 0.174. The number of ketones is 1. The van der Waals surface area contributed by atoms with Crippen molar-refractivity contribution in [2.75, 3.05) is 10.6 Å². The summed E-state index contributed by atoms with van der Waals surface area (Å²) in [5.41, 5.74) is 1.62. The third-order valence-electron chi connectivity index (χ3n) is 4.40. The predicted octanol–water partition coefficient (Wildman–Crippen LogP) is 4.28. The summed E-state index contributed by atoms with van der Waals surface area (Å²) in [7, 11) is 0. The highest BCUT2D eigenvalue weighted by molar-refractivity contribution is 6.05. The summed E-state index contributed by atoms with van der Waals surface area (Å²) in [6.07, 6.45) is 0.512. The van der Waals surface area contributed by atoms with Gasteiger partial charge < -0.3 is 19.8 Å². The summed E-state index contributed by atoms with van der Waals surface area (Å²) >= 11 is 0. The van der Waals surface area contributed by atoms with E-state index in [1.54, 1.807) is 60.9 Å². The molecule has 0 spiro atoms. The van der Waals surface area contributed by atoms with Gasteiger partial charge in [0, 0.05) is 11.3 Å². The highest BCUT2D eigenvalue weighted by Crippen LogP contribution is 2.19. The second-order valence-corrected chi connectivity index (χ2v) is 6.62. The van der Waals surface area contributed by atoms with E-state index in [1.165, 1.54) is 13.8 Å². The Labute approximate surface area is 174 Å². The zero-order chi connectivity index (χ0) is 21.5. The number of carbonyl (C=O) groups excluding carboxylic acids is 3. The zero-order valence-electron chi connectivity index (χ0n) is 16.7. The molecule has 1 atom stereocenters. The number of furan rings is 1. The smallest absolute Gasteiger partial charge is 0.341 e. The van der Waals surface area contributed by atoms with Gasteiger partial charge in [-0.1, -0.05) is 24.3 Å². The molecule has 0 aliphatic carbocycles. The summed E-state index contributed by atoms with van der Waals surface area (Å²) in [6.45, 7) is 3.29. The van der Waals surface area contributed by atoms with Crippen LogP contribution in [0.3, 0.4) is 0 Å². The van der Waals surface area contributed by atoms with Gasteiger partial charge >= 0.3 is 5.97 Å². The Hall–Kier alpha value is -3.87. The van der Waals surface area contributed by atoms with E-state index in [1.807, 2.05) is 6.07 Å². The van der Waals surface area contributed by atoms with Crippen LogP contribution in [-0.4, -0.2) is 23.8 Å². The van der Waals surface area contributed by atoms with Crippen LogP contribution in [-0.2, 0) is 16.1 Å². The molecule has 0 saturated heterocycles. The van der Waals surface area contributed by atoms with Crippen molar-refractivity contribution >= 4 is 29.0 Å². The highest BCUT2D eigenvalue weighted by Gasteiger charge is 2.22. The lowest BCUT2D eigenvalue weighted by Crippen LogP contribution is -2.30. The SMILES string of the molecule is CC(=O)c1ccccc1NC(=O)[C@@H](C)OC(=O)c1ccccc1NCc1ccco1. The Morgan fingerprint density at radius 2 is 1.60 bits per heavy atom. The van der Waals surface area contributed by atoms with Crippen molar-refractivity contribution in [1.82, 2.24) is 0 Å². The minimum Gasteiger partial charge on any atom is -0.467 e. The first kappa shape index (κ1) is 20.9. The molecule has 0 radical (unpaired) electrons. The third kappa shape index (κ3) is 5.14. The molecule has 30 heavy (non-hydrogen) atoms. The number of para-hydroxylation sites is 2. The van der Waals surface area contributed by atoms with Gasteiger partial charge in [0.1, 0.15) is 5.76 Å². The molecular weight excluding hydrogens is 384 g/mol. The fraction of sp³-hybridized carbons (Fsp3) is 0.174. The lowest BCUT2D eigenvalue weighted by Gasteiger charge is -2.16. The topological polar surface area (TPSA) is 97.6 Å². The van der Waals surface area contributed by atoms with Crippen LogP contribution >= 0.6 is 0 Å². The van der Waals surface area contributed by atoms with Gasteiger partial charge in [0.25, 0.3) is 5.91 Å². The van der Waals surface area contributed by atoms with E-state index < -0.39 is 18.0 Å². The molecule has 2 aromatic carbocycles. The van der Waals surface area contributed by atoms with E-state index in [0.717, 1.165) is 5.76 Å². The van der Waals surface area contributed by atoms with Gasteiger partial charge in [-0.25, -0.2) is 4.79 Å². The Bertz CT molecular complexity index is 1040. The fourth-order valence-electron chi connectivity index (χ4n) is 2.82. The number of Topliss-reactive ketones (excluding diaryl/α,β-unsaturated/α-hetero) is 1. The first-order chi connectivity index (χ1) is 14.5. The molecule has 0 fully saturated rings. The van der Waals surface area contributed by atoms with Gasteiger partial charge in [0.2, 0.25) is 0 Å². The third-order valence-corrected chi connectivity index (χ3v) is 4.40. The van der Waals surface area contributed by atoms with Crippen molar-refractivity contribution < 1.29 is 23.5 Å². The molecule has 3 rings (SSSR count). The van der Waals surface area contributed by atoms with Crippen molar-refractivity contribution in [3.63, 3.8) is 0 Å². The normalized spacial score (nSPS) is 11.4. The van der Waals surface area contributed by atoms with E-state index >= 15 is 0 Å². The average Bonchev–Trinajstić information content (AvgIpc) is 3.26. The molecule has 0 saturated carbocycles. The molecule has 0 bridgehead atoms. The summed E-state index contributed by atoms with van der Waals surface area (Å²) in [4.78, 5) is 36.9. The first-order valence-corrected chi connectivity index (χ1v) is 9.43. The molecule has 1 heterocycles. The second kappa shape index (κ2) is 9.56. The Balaban J connectivity index is 1.66. The fourth-order valence-corrected chi connectivity index (χ4v) is 2.82. The van der Waals surface area contributed by atoms with Crippen LogP contribution in [0.15, 0.2) is 71.3 Å². The molecule has 7 nitrogen and oxygen atoms in total. The number of amides is 1. The molecule has 1 aromatic heterocycles. The molecule has 1 amide bonds. The Morgan fingerprint density at radius 1 is 0.933 bits per heavy atom. The molecular formula is C23H22N2O5. The number of nitrogens with one attached hydrogen (secondary N) is 2. The van der Waals surface area contributed by atoms with Crippen LogP contribution in [0.4, 0.5) is 11.4 Å². The summed E-state index contributed by atoms with van der Waals surface area (Å²) in [5, 5.41) is 5.77. The lowest BCUT2D eigenvalue weighted by molar-refractivity contribution is -0.123. The maximum Gasteiger partial charge on any atom is 0.341 e. The quantitative estimate of drug-likeness (QED) is 0.428. The lowest BCUT2D eigenvalue weighted by atomic mass is 10.1. The molecule has 0 aliphatic rings. The Morgan fingerprint density at radius 3 is 2.27 bits per heavy atom. The number of esters is 1. The largest absolute Gasteiger partial charge is 0.467 e. The van der Waals surface area contributed by atoms with E-state index in [2.05, 4.69) is 10.6 Å². The highest BCUT2D eigenvalue weighted by atomic mass is 16.5. The summed E-state index contributed by atoms with van der Waals surface area (Å²) in [5.74, 6) is -0.625. The van der Waals surface area contributed by atoms with Crippen molar-refractivity contribution in [2.45, 2.75) is 26.5 Å². The molecule has 0 aliphatic heterocycles. The molecule has 7 heteroatoms. The average molecular weight is 406 g/mol. The molecule has 0 unspecified atom stereocenters. The van der Waals surface area contributed by atoms with Crippen LogP contribution in [0, 0.1) is 0 Å². The summed E-state index contributed by atoms with van der Waals surface area (Å²) < 4.78 is 10.6. The van der Waals surface area contributed by atoms with Gasteiger partial charge in [-0.3, -0.25) is 9.59 Å². The Kier molecular flexibility index (Phi) is 6.64. The van der Waals surface area contributed by atoms with Gasteiger partial charge in [-0.2, -0.15) is 0 Å². The van der Waals surface area contributed by atoms with Gasteiger partial charge in [-0.15, -0.1) is 0 Å². The zero-order valence-corrected chi connectivity index (χ0v) is 16.7. The number of rotatable bonds is 8. The van der Waals surface area contributed by atoms with E-state index in [-0.39, 0.29) is 5.78 Å². The number of anilines is 2. The van der Waals surface area contributed by atoms with Crippen LogP contribution in [0.2, 0.25) is 0 Å². The predicted molar refractivity (Wildman–Crippen MR) is 112 cm³/mol. The van der Waals surface area contributed by atoms with Crippen LogP contribution in [0.5, 0.6) is 0 Å². The minimum atomic E-state index is -1.06. The summed E-state index contributed by atoms with van der Waals surface area (Å²) in [6, 6.07) is 17.1. The van der Waals surface area contributed by atoms with Crippen molar-refractivity contribution in [3.8, 4) is 0 Å². The maximum absolute atomic E-state index is 12.6. The monoisotopic (exact) mass is 406 g/mol. The maximum atomic E-state index is 12.6. The number of hydrogen-bond donors (Lipinski definition) is 2. The van der Waals surface area contributed by atoms with Crippen molar-refractivity contribution in [2.24, 2.45) is 0 Å². The van der Waals surface area contributed by atoms with E-state index in [0.29, 0.717) is 29.0 Å². The van der Waals surface area contributed by atoms with Gasteiger partial charge in [0.15, 0.2) is 11.9 Å². The van der Waals surface area contributed by atoms with E-state index in [9.17, 15) is 14.4 Å². The van der Waals surface area contributed by atoms with Gasteiger partial charge in [0.05, 0.1) is 24.1 Å². The molecule has 154 valence electrons. The standard InChI is InChI=1S/C23H22N2O5/c1-15(26)18-9-3-6-12-21(18)25-22(27)16(2)30-23(28)19-10-4-5-11-20(19)24-14-17-8-7-13-29-17/h3-13,16,24H,14H2,1-2H3,(H,25,27)/t16-/m1/s1. The molecule has 2 N–H and O–H groups in total. The van der Waals surface area contributed by atoms with Crippen molar-refractivity contribution in [3.05, 3.63) is 83.8 Å². The molecule has 3 aromatic rings. The second-order valence-electron chi connectivity index (χ2n) is 6.62. The van der Waals surface area contributed by atoms with Gasteiger partial charge in [-0.05, 0) is 50.2 Å². The van der Waals surface area contributed by atoms with Crippen LogP contribution in [0.1, 0.15) is 40.3 Å². The first-order valence-electron chi connectivity index (χ1n) is 9.43. The number of carbonyl (C=O) groups is 3. The number of ether oxygens (including phenoxy) is 1. The number of hydrogen-bond acceptors (Lipinski definition) is 6. The van der Waals surface area contributed by atoms with Crippen molar-refractivity contribution in [1.29, 1.82) is 0 Å². The number of benzene rings is 2.